The standard InChI is InChI=1S/C23H21F4N3O3S.C10H20O/c1-11-28-17-8-9-18(33-2)19(20(17)34-11)22(32)30-16-5-3-4-13(16)21(31)29-12-6-7-15(24)14(10-12)23(25,26)27;1-3-5-10-6-9(4-2)7-11-8-10/h6-10,13,16H,3-5H2,1-2H3,(H,29,31)(H,30,32);9-10H,3-8H2,1-2H3/t13-,16?;/m0./s1. The molecule has 2 heterocycles. The Balaban J connectivity index is 0.000000354. The van der Waals surface area contributed by atoms with Crippen LogP contribution in [0.25, 0.3) is 10.2 Å². The van der Waals surface area contributed by atoms with Crippen LogP contribution < -0.4 is 15.4 Å². The quantitative estimate of drug-likeness (QED) is 0.240. The van der Waals surface area contributed by atoms with Crippen molar-refractivity contribution < 1.29 is 36.6 Å². The molecule has 1 aliphatic heterocycles. The lowest BCUT2D eigenvalue weighted by atomic mass is 9.89. The molecule has 2 aromatic carbocycles. The Hall–Kier alpha value is -3.25. The van der Waals surface area contributed by atoms with Crippen LogP contribution in [0.1, 0.15) is 79.7 Å². The van der Waals surface area contributed by atoms with E-state index in [2.05, 4.69) is 29.5 Å². The van der Waals surface area contributed by atoms with Gasteiger partial charge in [-0.05, 0) is 74.8 Å². The van der Waals surface area contributed by atoms with Gasteiger partial charge in [-0.2, -0.15) is 13.2 Å². The van der Waals surface area contributed by atoms with E-state index in [1.165, 1.54) is 44.1 Å². The van der Waals surface area contributed by atoms with Gasteiger partial charge in [0.15, 0.2) is 0 Å². The first-order valence-corrected chi connectivity index (χ1v) is 16.3. The Labute approximate surface area is 265 Å². The molecule has 3 unspecified atom stereocenters. The highest BCUT2D eigenvalue weighted by molar-refractivity contribution is 7.19. The summed E-state index contributed by atoms with van der Waals surface area (Å²) < 4.78 is 64.1. The number of aryl methyl sites for hydroxylation is 1. The second-order valence-corrected chi connectivity index (χ2v) is 12.9. The van der Waals surface area contributed by atoms with Crippen LogP contribution in [-0.4, -0.2) is 43.2 Å². The molecule has 2 fully saturated rings. The Bertz CT molecular complexity index is 1480. The Morgan fingerprint density at radius 3 is 2.56 bits per heavy atom. The summed E-state index contributed by atoms with van der Waals surface area (Å²) in [6.45, 7) is 8.38. The number of aromatic nitrogens is 1. The Kier molecular flexibility index (Phi) is 11.8. The third-order valence-corrected chi connectivity index (χ3v) is 9.43. The molecule has 2 amide bonds. The lowest BCUT2D eigenvalue weighted by Gasteiger charge is -2.28. The van der Waals surface area contributed by atoms with Crippen LogP contribution in [0.2, 0.25) is 0 Å². The molecule has 12 heteroatoms. The number of ether oxygens (including phenoxy) is 2. The fourth-order valence-corrected chi connectivity index (χ4v) is 7.07. The van der Waals surface area contributed by atoms with Gasteiger partial charge < -0.3 is 20.1 Å². The normalized spacial score (nSPS) is 21.6. The van der Waals surface area contributed by atoms with E-state index in [0.29, 0.717) is 52.9 Å². The van der Waals surface area contributed by atoms with Gasteiger partial charge >= 0.3 is 6.18 Å². The van der Waals surface area contributed by atoms with Crippen molar-refractivity contribution in [2.75, 3.05) is 25.6 Å². The molecule has 4 atom stereocenters. The molecule has 0 radical (unpaired) electrons. The number of rotatable bonds is 8. The van der Waals surface area contributed by atoms with Crippen molar-refractivity contribution in [1.29, 1.82) is 0 Å². The number of alkyl halides is 3. The predicted molar refractivity (Wildman–Crippen MR) is 167 cm³/mol. The monoisotopic (exact) mass is 651 g/mol. The molecule has 0 spiro atoms. The van der Waals surface area contributed by atoms with Gasteiger partial charge in [0.25, 0.3) is 5.91 Å². The lowest BCUT2D eigenvalue weighted by molar-refractivity contribution is -0.140. The van der Waals surface area contributed by atoms with Gasteiger partial charge in [-0.15, -0.1) is 11.3 Å². The molecular formula is C33H41F4N3O4S. The highest BCUT2D eigenvalue weighted by Gasteiger charge is 2.37. The number of halogens is 4. The van der Waals surface area contributed by atoms with Crippen molar-refractivity contribution >= 4 is 39.1 Å². The third-order valence-electron chi connectivity index (χ3n) is 8.43. The van der Waals surface area contributed by atoms with Gasteiger partial charge in [0.05, 0.1) is 33.8 Å². The van der Waals surface area contributed by atoms with Crippen molar-refractivity contribution in [1.82, 2.24) is 10.3 Å². The molecule has 1 saturated carbocycles. The first-order valence-electron chi connectivity index (χ1n) is 15.4. The number of nitrogens with zero attached hydrogens (tertiary/aromatic N) is 1. The summed E-state index contributed by atoms with van der Waals surface area (Å²) in [5.74, 6) is -0.953. The SMILES string of the molecule is CCCC1COCC(CC)C1.COc1ccc2nc(C)sc2c1C(=O)NC1CCC[C@@H]1C(=O)Nc1ccc(F)c(C(F)(F)F)c1. The summed E-state index contributed by atoms with van der Waals surface area (Å²) in [5, 5.41) is 6.11. The van der Waals surface area contributed by atoms with Gasteiger partial charge in [-0.3, -0.25) is 9.59 Å². The van der Waals surface area contributed by atoms with Crippen LogP contribution in [0.15, 0.2) is 30.3 Å². The van der Waals surface area contributed by atoms with E-state index in [9.17, 15) is 27.2 Å². The van der Waals surface area contributed by atoms with Crippen LogP contribution in [0.5, 0.6) is 5.75 Å². The summed E-state index contributed by atoms with van der Waals surface area (Å²) in [7, 11) is 1.45. The van der Waals surface area contributed by atoms with Crippen molar-refractivity contribution in [2.24, 2.45) is 17.8 Å². The van der Waals surface area contributed by atoms with Gasteiger partial charge in [0.2, 0.25) is 5.91 Å². The summed E-state index contributed by atoms with van der Waals surface area (Å²) in [4.78, 5) is 30.5. The average Bonchev–Trinajstić information content (AvgIpc) is 3.63. The number of nitrogens with one attached hydrogen (secondary N) is 2. The van der Waals surface area contributed by atoms with Crippen molar-refractivity contribution in [3.63, 3.8) is 0 Å². The lowest BCUT2D eigenvalue weighted by Crippen LogP contribution is -2.42. The maximum absolute atomic E-state index is 13.6. The van der Waals surface area contributed by atoms with E-state index >= 15 is 0 Å². The minimum Gasteiger partial charge on any atom is -0.496 e. The number of hydrogen-bond donors (Lipinski definition) is 2. The first-order chi connectivity index (χ1) is 21.4. The minimum atomic E-state index is -4.89. The van der Waals surface area contributed by atoms with E-state index in [1.807, 2.05) is 6.92 Å². The molecule has 1 aromatic heterocycles. The molecule has 45 heavy (non-hydrogen) atoms. The number of benzene rings is 2. The minimum absolute atomic E-state index is 0.165. The van der Waals surface area contributed by atoms with Gasteiger partial charge in [-0.25, -0.2) is 9.37 Å². The summed E-state index contributed by atoms with van der Waals surface area (Å²) in [6, 6.07) is 5.19. The first kappa shape index (κ1) is 34.6. The van der Waals surface area contributed by atoms with Crippen LogP contribution >= 0.6 is 11.3 Å². The van der Waals surface area contributed by atoms with Crippen LogP contribution in [0, 0.1) is 30.5 Å². The molecule has 2 N–H and O–H groups in total. The average molecular weight is 652 g/mol. The van der Waals surface area contributed by atoms with Crippen LogP contribution in [0.3, 0.4) is 0 Å². The fourth-order valence-electron chi connectivity index (χ4n) is 6.12. The van der Waals surface area contributed by atoms with E-state index in [0.717, 1.165) is 36.1 Å². The van der Waals surface area contributed by atoms with E-state index in [1.54, 1.807) is 12.1 Å². The number of amides is 2. The summed E-state index contributed by atoms with van der Waals surface area (Å²) in [6.07, 6.45) is 2.11. The van der Waals surface area contributed by atoms with E-state index in [4.69, 9.17) is 9.47 Å². The number of carbonyl (C=O) groups excluding carboxylic acids is 2. The predicted octanol–water partition coefficient (Wildman–Crippen LogP) is 8.16. The fraction of sp³-hybridized carbons (Fsp3) is 0.545. The Morgan fingerprint density at radius 2 is 1.87 bits per heavy atom. The number of methoxy groups -OCH3 is 1. The molecule has 3 aromatic rings. The third kappa shape index (κ3) is 8.72. The molecular weight excluding hydrogens is 610 g/mol. The van der Waals surface area contributed by atoms with Crippen LogP contribution in [-0.2, 0) is 15.7 Å². The zero-order chi connectivity index (χ0) is 32.7. The van der Waals surface area contributed by atoms with Gasteiger partial charge in [-0.1, -0.05) is 33.1 Å². The smallest absolute Gasteiger partial charge is 0.419 e. The number of anilines is 1. The highest BCUT2D eigenvalue weighted by atomic mass is 32.1. The van der Waals surface area contributed by atoms with Crippen LogP contribution in [0.4, 0.5) is 23.2 Å². The summed E-state index contributed by atoms with van der Waals surface area (Å²) >= 11 is 1.35. The number of fused-ring (bicyclic) bond motifs is 1. The molecule has 7 nitrogen and oxygen atoms in total. The second kappa shape index (κ2) is 15.4. The van der Waals surface area contributed by atoms with Crippen molar-refractivity contribution in [3.05, 3.63) is 52.3 Å². The zero-order valence-electron chi connectivity index (χ0n) is 26.1. The zero-order valence-corrected chi connectivity index (χ0v) is 26.9. The summed E-state index contributed by atoms with van der Waals surface area (Å²) in [5.41, 5.74) is -0.639. The number of hydrogen-bond acceptors (Lipinski definition) is 6. The Morgan fingerprint density at radius 1 is 1.11 bits per heavy atom. The maximum Gasteiger partial charge on any atom is 0.419 e. The largest absolute Gasteiger partial charge is 0.496 e. The van der Waals surface area contributed by atoms with Gasteiger partial charge in [0, 0.05) is 24.9 Å². The highest BCUT2D eigenvalue weighted by Crippen LogP contribution is 2.35. The molecule has 2 aliphatic rings. The van der Waals surface area contributed by atoms with E-state index in [-0.39, 0.29) is 5.69 Å². The van der Waals surface area contributed by atoms with Crippen molar-refractivity contribution in [2.45, 2.75) is 77.9 Å². The van der Waals surface area contributed by atoms with Crippen molar-refractivity contribution in [3.8, 4) is 5.75 Å². The number of carbonyl (C=O) groups is 2. The number of thiazole rings is 1. The van der Waals surface area contributed by atoms with Gasteiger partial charge in [0.1, 0.15) is 17.1 Å². The molecule has 0 bridgehead atoms. The molecule has 246 valence electrons. The topological polar surface area (TPSA) is 89.6 Å². The second-order valence-electron chi connectivity index (χ2n) is 11.7. The maximum atomic E-state index is 13.6. The molecule has 1 aliphatic carbocycles. The van der Waals surface area contributed by atoms with E-state index < -0.39 is 41.3 Å². The molecule has 1 saturated heterocycles. The molecule has 5 rings (SSSR count).